The van der Waals surface area contributed by atoms with Gasteiger partial charge in [0.2, 0.25) is 0 Å². The second kappa shape index (κ2) is 9.35. The lowest BCUT2D eigenvalue weighted by molar-refractivity contribution is -0.136. The summed E-state index contributed by atoms with van der Waals surface area (Å²) in [6, 6.07) is 15.0. The Bertz CT molecular complexity index is 923. The first-order valence-corrected chi connectivity index (χ1v) is 10.7. The van der Waals surface area contributed by atoms with Gasteiger partial charge in [-0.05, 0) is 24.1 Å². The van der Waals surface area contributed by atoms with Gasteiger partial charge in [-0.1, -0.05) is 73.0 Å². The molecule has 2 aromatic carbocycles. The van der Waals surface area contributed by atoms with E-state index in [0.29, 0.717) is 5.69 Å². The number of rotatable bonds is 7. The molecule has 1 aliphatic rings. The van der Waals surface area contributed by atoms with Crippen LogP contribution >= 0.6 is 15.9 Å². The number of aliphatic carboxylic acids is 1. The van der Waals surface area contributed by atoms with Crippen molar-refractivity contribution in [2.45, 2.75) is 39.2 Å². The van der Waals surface area contributed by atoms with Gasteiger partial charge < -0.3 is 10.0 Å². The molecule has 1 heterocycles. The summed E-state index contributed by atoms with van der Waals surface area (Å²) in [4.78, 5) is 31.4. The first-order chi connectivity index (χ1) is 14.0. The normalized spacial score (nSPS) is 16.4. The number of aliphatic imine (C=N–C) groups is 1. The van der Waals surface area contributed by atoms with Crippen LogP contribution in [0.3, 0.4) is 0 Å². The minimum absolute atomic E-state index is 0.0892. The number of carbonyl (C=O) groups is 2. The highest BCUT2D eigenvalue weighted by Crippen LogP contribution is 2.33. The third kappa shape index (κ3) is 4.58. The van der Waals surface area contributed by atoms with Crippen LogP contribution in [0, 0.1) is 5.92 Å². The van der Waals surface area contributed by atoms with E-state index in [0.717, 1.165) is 34.2 Å². The average molecular weight is 457 g/mol. The molecule has 0 bridgehead atoms. The number of hydrogen-bond acceptors (Lipinski definition) is 3. The molecule has 0 aromatic heterocycles. The Morgan fingerprint density at radius 3 is 2.48 bits per heavy atom. The predicted molar refractivity (Wildman–Crippen MR) is 119 cm³/mol. The summed E-state index contributed by atoms with van der Waals surface area (Å²) in [5.41, 5.74) is 3.24. The van der Waals surface area contributed by atoms with Gasteiger partial charge in [0, 0.05) is 22.1 Å². The van der Waals surface area contributed by atoms with Gasteiger partial charge in [-0.2, -0.15) is 0 Å². The fraction of sp³-hybridized carbons (Fsp3) is 0.348. The van der Waals surface area contributed by atoms with Gasteiger partial charge in [-0.25, -0.2) is 0 Å². The number of nitrogens with zero attached hydrogens (tertiary/aromatic N) is 2. The van der Waals surface area contributed by atoms with Crippen molar-refractivity contribution in [3.63, 3.8) is 0 Å². The van der Waals surface area contributed by atoms with Crippen molar-refractivity contribution in [2.75, 3.05) is 11.4 Å². The maximum absolute atomic E-state index is 13.6. The predicted octanol–water partition coefficient (Wildman–Crippen LogP) is 4.91. The first-order valence-electron chi connectivity index (χ1n) is 9.92. The standard InChI is InChI=1S/C23H25BrN2O3/c1-3-15(4-2)22-23(29)26(13-12-20(27)28)19-11-10-17(24)14-18(19)21(25-22)16-8-6-5-7-9-16/h5-11,14-15,22H,3-4,12-13H2,1-2H3,(H,27,28). The van der Waals surface area contributed by atoms with Crippen LogP contribution < -0.4 is 4.90 Å². The smallest absolute Gasteiger partial charge is 0.305 e. The molecular formula is C23H25BrN2O3. The summed E-state index contributed by atoms with van der Waals surface area (Å²) in [5, 5.41) is 9.22. The van der Waals surface area contributed by atoms with Crippen LogP contribution in [0.15, 0.2) is 58.0 Å². The molecule has 0 saturated heterocycles. The Balaban J connectivity index is 2.23. The lowest BCUT2D eigenvalue weighted by Gasteiger charge is -2.27. The summed E-state index contributed by atoms with van der Waals surface area (Å²) in [7, 11) is 0. The molecule has 1 atom stereocenters. The zero-order chi connectivity index (χ0) is 21.0. The zero-order valence-electron chi connectivity index (χ0n) is 16.6. The Morgan fingerprint density at radius 2 is 1.86 bits per heavy atom. The molecule has 2 aromatic rings. The summed E-state index contributed by atoms with van der Waals surface area (Å²) >= 11 is 3.53. The van der Waals surface area contributed by atoms with Crippen LogP contribution in [0.2, 0.25) is 0 Å². The molecule has 1 amide bonds. The maximum atomic E-state index is 13.6. The fourth-order valence-corrected chi connectivity index (χ4v) is 4.14. The van der Waals surface area contributed by atoms with E-state index in [1.54, 1.807) is 4.90 Å². The van der Waals surface area contributed by atoms with E-state index < -0.39 is 12.0 Å². The third-order valence-electron chi connectivity index (χ3n) is 5.38. The van der Waals surface area contributed by atoms with Crippen molar-refractivity contribution < 1.29 is 14.7 Å². The molecule has 0 saturated carbocycles. The summed E-state index contributed by atoms with van der Waals surface area (Å²) < 4.78 is 0.881. The summed E-state index contributed by atoms with van der Waals surface area (Å²) in [5.74, 6) is -0.968. The van der Waals surface area contributed by atoms with Gasteiger partial charge in [-0.3, -0.25) is 14.6 Å². The maximum Gasteiger partial charge on any atom is 0.305 e. The van der Waals surface area contributed by atoms with Gasteiger partial charge >= 0.3 is 5.97 Å². The molecule has 0 spiro atoms. The van der Waals surface area contributed by atoms with Crippen molar-refractivity contribution in [3.8, 4) is 0 Å². The highest BCUT2D eigenvalue weighted by molar-refractivity contribution is 9.10. The number of hydrogen-bond donors (Lipinski definition) is 1. The molecule has 1 N–H and O–H groups in total. The molecule has 29 heavy (non-hydrogen) atoms. The van der Waals surface area contributed by atoms with Crippen LogP contribution in [0.1, 0.15) is 44.2 Å². The number of anilines is 1. The van der Waals surface area contributed by atoms with E-state index in [4.69, 9.17) is 4.99 Å². The van der Waals surface area contributed by atoms with E-state index in [2.05, 4.69) is 29.8 Å². The summed E-state index contributed by atoms with van der Waals surface area (Å²) in [6.45, 7) is 4.25. The molecule has 1 aliphatic heterocycles. The molecule has 6 heteroatoms. The topological polar surface area (TPSA) is 70.0 Å². The van der Waals surface area contributed by atoms with Crippen LogP contribution in [0.4, 0.5) is 5.69 Å². The lowest BCUT2D eigenvalue weighted by Crippen LogP contribution is -2.42. The zero-order valence-corrected chi connectivity index (χ0v) is 18.2. The molecular weight excluding hydrogens is 432 g/mol. The Labute approximate surface area is 179 Å². The number of fused-ring (bicyclic) bond motifs is 1. The second-order valence-corrected chi connectivity index (χ2v) is 8.08. The Kier molecular flexibility index (Phi) is 6.85. The van der Waals surface area contributed by atoms with E-state index in [1.165, 1.54) is 0 Å². The molecule has 0 radical (unpaired) electrons. The van der Waals surface area contributed by atoms with Crippen molar-refractivity contribution >= 4 is 39.2 Å². The SMILES string of the molecule is CCC(CC)C1N=C(c2ccccc2)c2cc(Br)ccc2N(CCC(=O)O)C1=O. The lowest BCUT2D eigenvalue weighted by atomic mass is 9.93. The number of carbonyl (C=O) groups excluding carboxylic acids is 1. The van der Waals surface area contributed by atoms with Gasteiger partial charge in [0.05, 0.1) is 17.8 Å². The summed E-state index contributed by atoms with van der Waals surface area (Å²) in [6.07, 6.45) is 1.54. The van der Waals surface area contributed by atoms with Crippen LogP contribution in [-0.4, -0.2) is 35.3 Å². The van der Waals surface area contributed by atoms with Crippen molar-refractivity contribution in [3.05, 3.63) is 64.1 Å². The number of carboxylic acids is 1. The highest BCUT2D eigenvalue weighted by atomic mass is 79.9. The number of benzodiazepines with no additional fused rings is 1. The quantitative estimate of drug-likeness (QED) is 0.642. The molecule has 3 rings (SSSR count). The number of benzene rings is 2. The largest absolute Gasteiger partial charge is 0.481 e. The van der Waals surface area contributed by atoms with Crippen molar-refractivity contribution in [1.29, 1.82) is 0 Å². The molecule has 0 fully saturated rings. The highest BCUT2D eigenvalue weighted by Gasteiger charge is 2.35. The van der Waals surface area contributed by atoms with Crippen LogP contribution in [0.5, 0.6) is 0 Å². The van der Waals surface area contributed by atoms with Gasteiger partial charge in [0.15, 0.2) is 0 Å². The van der Waals surface area contributed by atoms with Gasteiger partial charge in [0.1, 0.15) is 6.04 Å². The Hall–Kier alpha value is -2.47. The minimum Gasteiger partial charge on any atom is -0.481 e. The Morgan fingerprint density at radius 1 is 1.17 bits per heavy atom. The monoisotopic (exact) mass is 456 g/mol. The van der Waals surface area contributed by atoms with E-state index in [-0.39, 0.29) is 24.8 Å². The van der Waals surface area contributed by atoms with E-state index >= 15 is 0 Å². The minimum atomic E-state index is -0.927. The van der Waals surface area contributed by atoms with Crippen LogP contribution in [-0.2, 0) is 9.59 Å². The fourth-order valence-electron chi connectivity index (χ4n) is 3.78. The molecule has 1 unspecified atom stereocenters. The van der Waals surface area contributed by atoms with Gasteiger partial charge in [-0.15, -0.1) is 0 Å². The number of carboxylic acid groups (broad SMARTS) is 1. The second-order valence-electron chi connectivity index (χ2n) is 7.16. The number of halogens is 1. The first kappa shape index (κ1) is 21.2. The van der Waals surface area contributed by atoms with E-state index in [1.807, 2.05) is 48.5 Å². The molecule has 5 nitrogen and oxygen atoms in total. The number of amides is 1. The molecule has 152 valence electrons. The average Bonchev–Trinajstić information content (AvgIpc) is 2.83. The van der Waals surface area contributed by atoms with Crippen molar-refractivity contribution in [2.24, 2.45) is 10.9 Å². The van der Waals surface area contributed by atoms with Crippen molar-refractivity contribution in [1.82, 2.24) is 0 Å². The van der Waals surface area contributed by atoms with E-state index in [9.17, 15) is 14.7 Å². The third-order valence-corrected chi connectivity index (χ3v) is 5.88. The van der Waals surface area contributed by atoms with Crippen LogP contribution in [0.25, 0.3) is 0 Å². The molecule has 0 aliphatic carbocycles. The van der Waals surface area contributed by atoms with Gasteiger partial charge in [0.25, 0.3) is 5.91 Å².